The molecule has 1 aliphatic heterocycles. The third kappa shape index (κ3) is 5.17. The molecule has 2 atom stereocenters. The number of piperidine rings is 1. The molecule has 0 aliphatic carbocycles. The van der Waals surface area contributed by atoms with Crippen LogP contribution in [0.4, 0.5) is 4.79 Å². The molecule has 1 saturated heterocycles. The number of nitriles is 1. The lowest BCUT2D eigenvalue weighted by Crippen LogP contribution is -2.55. The van der Waals surface area contributed by atoms with Crippen molar-refractivity contribution in [3.63, 3.8) is 0 Å². The minimum Gasteiger partial charge on any atom is -0.409 e. The molecule has 8 nitrogen and oxygen atoms in total. The molecular weight excluding hydrogens is 324 g/mol. The van der Waals surface area contributed by atoms with Gasteiger partial charge < -0.3 is 10.5 Å². The van der Waals surface area contributed by atoms with E-state index in [0.29, 0.717) is 25.1 Å². The van der Waals surface area contributed by atoms with Crippen molar-refractivity contribution in [3.05, 3.63) is 30.3 Å². The molecule has 0 radical (unpaired) electrons. The van der Waals surface area contributed by atoms with E-state index in [9.17, 15) is 14.9 Å². The fraction of sp³-hybridized carbons (Fsp3) is 0.471. The Bertz CT molecular complexity index is 631. The molecule has 8 heteroatoms. The number of carbonyl (C=O) groups is 2. The van der Waals surface area contributed by atoms with Crippen molar-refractivity contribution < 1.29 is 19.2 Å². The number of amides is 2. The molecule has 134 valence electrons. The highest BCUT2D eigenvalue weighted by molar-refractivity contribution is 5.76. The number of hydrogen-bond acceptors (Lipinski definition) is 6. The first-order valence-electron chi connectivity index (χ1n) is 8.16. The molecule has 0 bridgehead atoms. The summed E-state index contributed by atoms with van der Waals surface area (Å²) in [7, 11) is 0. The van der Waals surface area contributed by atoms with Crippen LogP contribution < -0.4 is 10.5 Å². The van der Waals surface area contributed by atoms with Crippen molar-refractivity contribution >= 4 is 12.0 Å². The van der Waals surface area contributed by atoms with Gasteiger partial charge in [0.15, 0.2) is 0 Å². The fourth-order valence-electron chi connectivity index (χ4n) is 2.82. The second-order valence-electron chi connectivity index (χ2n) is 5.70. The Kier molecular flexibility index (Phi) is 6.74. The van der Waals surface area contributed by atoms with Crippen molar-refractivity contribution in [1.82, 2.24) is 9.96 Å². The maximum atomic E-state index is 12.5. The van der Waals surface area contributed by atoms with Crippen LogP contribution in [-0.4, -0.2) is 53.7 Å². The second-order valence-corrected chi connectivity index (χ2v) is 5.70. The van der Waals surface area contributed by atoms with E-state index >= 15 is 0 Å². The number of primary amides is 1. The molecule has 0 spiro atoms. The minimum absolute atomic E-state index is 0.0393. The van der Waals surface area contributed by atoms with Crippen LogP contribution in [0, 0.1) is 11.3 Å². The van der Waals surface area contributed by atoms with Crippen LogP contribution in [-0.2, 0) is 9.63 Å². The molecule has 2 rings (SSSR count). The Labute approximate surface area is 146 Å². The predicted molar refractivity (Wildman–Crippen MR) is 89.1 cm³/mol. The lowest BCUT2D eigenvalue weighted by atomic mass is 9.99. The van der Waals surface area contributed by atoms with E-state index in [2.05, 4.69) is 6.07 Å². The predicted octanol–water partition coefficient (Wildman–Crippen LogP) is 1.28. The smallest absolute Gasteiger partial charge is 0.409 e. The Balaban J connectivity index is 2.09. The van der Waals surface area contributed by atoms with E-state index in [0.717, 1.165) is 0 Å². The first kappa shape index (κ1) is 18.7. The highest BCUT2D eigenvalue weighted by Crippen LogP contribution is 2.22. The Morgan fingerprint density at radius 3 is 2.68 bits per heavy atom. The third-order valence-corrected chi connectivity index (χ3v) is 3.90. The molecule has 1 aromatic rings. The number of benzene rings is 1. The number of nitrogens with zero attached hydrogens (tertiary/aromatic N) is 3. The van der Waals surface area contributed by atoms with Crippen LogP contribution in [0.25, 0.3) is 0 Å². The molecule has 0 aromatic heterocycles. The van der Waals surface area contributed by atoms with Gasteiger partial charge in [-0.1, -0.05) is 18.2 Å². The van der Waals surface area contributed by atoms with Gasteiger partial charge >= 0.3 is 6.09 Å². The summed E-state index contributed by atoms with van der Waals surface area (Å²) < 4.78 is 5.34. The average molecular weight is 346 g/mol. The Morgan fingerprint density at radius 2 is 2.08 bits per heavy atom. The van der Waals surface area contributed by atoms with Crippen LogP contribution in [0.1, 0.15) is 19.8 Å². The summed E-state index contributed by atoms with van der Waals surface area (Å²) in [5.41, 5.74) is 5.26. The van der Waals surface area contributed by atoms with Crippen LogP contribution in [0.2, 0.25) is 0 Å². The average Bonchev–Trinajstić information content (AvgIpc) is 2.60. The topological polar surface area (TPSA) is 109 Å². The molecule has 1 fully saturated rings. The molecule has 1 heterocycles. The Hall–Kier alpha value is -2.63. The van der Waals surface area contributed by atoms with Gasteiger partial charge in [-0.15, -0.1) is 0 Å². The van der Waals surface area contributed by atoms with Crippen molar-refractivity contribution in [1.29, 1.82) is 5.26 Å². The number of carbonyl (C=O) groups excluding carboxylic acids is 2. The molecule has 2 amide bonds. The largest absolute Gasteiger partial charge is 0.439 e. The van der Waals surface area contributed by atoms with Gasteiger partial charge in [0.25, 0.3) is 0 Å². The monoisotopic (exact) mass is 346 g/mol. The number of para-hydroxylation sites is 1. The number of hydrogen-bond donors (Lipinski definition) is 1. The zero-order valence-electron chi connectivity index (χ0n) is 14.1. The zero-order chi connectivity index (χ0) is 18.2. The SMILES string of the molecule is CCON(C(=O)Oc1ccccc1)[C@@H]1CC[C@@H](C#N)N(CC(N)=O)C1. The maximum Gasteiger partial charge on any atom is 0.439 e. The lowest BCUT2D eigenvalue weighted by Gasteiger charge is -2.39. The van der Waals surface area contributed by atoms with E-state index < -0.39 is 18.0 Å². The summed E-state index contributed by atoms with van der Waals surface area (Å²) in [5, 5.41) is 10.4. The van der Waals surface area contributed by atoms with E-state index in [1.165, 1.54) is 5.06 Å². The van der Waals surface area contributed by atoms with E-state index in [4.69, 9.17) is 15.3 Å². The van der Waals surface area contributed by atoms with Crippen LogP contribution in [0.5, 0.6) is 5.75 Å². The van der Waals surface area contributed by atoms with Crippen molar-refractivity contribution in [2.24, 2.45) is 5.73 Å². The maximum absolute atomic E-state index is 12.5. The van der Waals surface area contributed by atoms with Crippen molar-refractivity contribution in [2.45, 2.75) is 31.8 Å². The molecule has 0 saturated carbocycles. The first-order valence-corrected chi connectivity index (χ1v) is 8.16. The fourth-order valence-corrected chi connectivity index (χ4v) is 2.82. The van der Waals surface area contributed by atoms with Gasteiger partial charge in [0.2, 0.25) is 5.91 Å². The van der Waals surface area contributed by atoms with Crippen molar-refractivity contribution in [3.8, 4) is 11.8 Å². The molecular formula is C17H22N4O4. The molecule has 2 N–H and O–H groups in total. The first-order chi connectivity index (χ1) is 12.0. The van der Waals surface area contributed by atoms with Gasteiger partial charge in [-0.25, -0.2) is 4.79 Å². The number of nitrogens with two attached hydrogens (primary N) is 1. The zero-order valence-corrected chi connectivity index (χ0v) is 14.1. The third-order valence-electron chi connectivity index (χ3n) is 3.90. The van der Waals surface area contributed by atoms with Gasteiger partial charge in [-0.05, 0) is 31.9 Å². The number of rotatable bonds is 6. The quantitative estimate of drug-likeness (QED) is 0.777. The summed E-state index contributed by atoms with van der Waals surface area (Å²) in [5.74, 6) is -0.104. The number of likely N-dealkylation sites (tertiary alicyclic amines) is 1. The van der Waals surface area contributed by atoms with Gasteiger partial charge in [-0.3, -0.25) is 14.5 Å². The highest BCUT2D eigenvalue weighted by atomic mass is 16.7. The summed E-state index contributed by atoms with van der Waals surface area (Å²) >= 11 is 0. The number of ether oxygens (including phenoxy) is 1. The summed E-state index contributed by atoms with van der Waals surface area (Å²) in [6.07, 6.45) is 0.445. The molecule has 0 unspecified atom stereocenters. The minimum atomic E-state index is -0.632. The van der Waals surface area contributed by atoms with Crippen LogP contribution in [0.15, 0.2) is 30.3 Å². The van der Waals surface area contributed by atoms with Gasteiger partial charge in [0, 0.05) is 6.54 Å². The molecule has 25 heavy (non-hydrogen) atoms. The molecule has 1 aromatic carbocycles. The molecule has 1 aliphatic rings. The lowest BCUT2D eigenvalue weighted by molar-refractivity contribution is -0.162. The van der Waals surface area contributed by atoms with Crippen LogP contribution >= 0.6 is 0 Å². The van der Waals surface area contributed by atoms with E-state index in [1.807, 2.05) is 6.07 Å². The van der Waals surface area contributed by atoms with Crippen molar-refractivity contribution in [2.75, 3.05) is 19.7 Å². The highest BCUT2D eigenvalue weighted by Gasteiger charge is 2.35. The second kappa shape index (κ2) is 9.01. The van der Waals surface area contributed by atoms with Gasteiger partial charge in [0.05, 0.1) is 31.3 Å². The van der Waals surface area contributed by atoms with Crippen LogP contribution in [0.3, 0.4) is 0 Å². The standard InChI is InChI=1S/C17H22N4O4/c1-2-24-21(17(23)25-15-6-4-3-5-7-15)14-9-8-13(10-18)20(11-14)12-16(19)22/h3-7,13-14H,2,8-9,11-12H2,1H3,(H2,19,22)/t13-,14+/m0/s1. The summed E-state index contributed by atoms with van der Waals surface area (Å²) in [4.78, 5) is 30.9. The summed E-state index contributed by atoms with van der Waals surface area (Å²) in [6, 6.07) is 10.1. The van der Waals surface area contributed by atoms with E-state index in [-0.39, 0.29) is 19.2 Å². The normalized spacial score (nSPS) is 20.5. The number of hydroxylamine groups is 2. The van der Waals surface area contributed by atoms with Gasteiger partial charge in [-0.2, -0.15) is 10.3 Å². The van der Waals surface area contributed by atoms with E-state index in [1.54, 1.807) is 36.1 Å². The summed E-state index contributed by atoms with van der Waals surface area (Å²) in [6.45, 7) is 2.33. The van der Waals surface area contributed by atoms with Gasteiger partial charge in [0.1, 0.15) is 5.75 Å². The Morgan fingerprint density at radius 1 is 1.36 bits per heavy atom.